The Morgan fingerprint density at radius 2 is 2.00 bits per heavy atom. The number of nitrogens with zero attached hydrogens (tertiary/aromatic N) is 3. The zero-order chi connectivity index (χ0) is 15.7. The van der Waals surface area contributed by atoms with E-state index in [1.807, 2.05) is 0 Å². The second-order valence-electron chi connectivity index (χ2n) is 6.47. The fourth-order valence-electron chi connectivity index (χ4n) is 2.88. The summed E-state index contributed by atoms with van der Waals surface area (Å²) in [6.07, 6.45) is -2.17. The quantitative estimate of drug-likeness (QED) is 0.930. The minimum atomic E-state index is -4.15. The van der Waals surface area contributed by atoms with Crippen LogP contribution in [0.4, 0.5) is 13.2 Å². The zero-order valence-electron chi connectivity index (χ0n) is 12.4. The van der Waals surface area contributed by atoms with Crippen LogP contribution in [0, 0.1) is 11.8 Å². The van der Waals surface area contributed by atoms with Crippen LogP contribution < -0.4 is 0 Å². The van der Waals surface area contributed by atoms with Crippen molar-refractivity contribution in [2.75, 3.05) is 0 Å². The van der Waals surface area contributed by atoms with Crippen LogP contribution in [0.5, 0.6) is 0 Å². The van der Waals surface area contributed by atoms with Gasteiger partial charge in [0, 0.05) is 13.0 Å². The first-order chi connectivity index (χ1) is 9.70. The molecule has 0 radical (unpaired) electrons. The average molecular weight is 305 g/mol. The summed E-state index contributed by atoms with van der Waals surface area (Å²) in [4.78, 5) is 4.15. The van der Waals surface area contributed by atoms with Crippen molar-refractivity contribution in [3.8, 4) is 0 Å². The highest BCUT2D eigenvalue weighted by Gasteiger charge is 2.45. The molecule has 1 aromatic rings. The maximum atomic E-state index is 12.7. The summed E-state index contributed by atoms with van der Waals surface area (Å²) in [5, 5.41) is 14.7. The minimum absolute atomic E-state index is 0.0156. The van der Waals surface area contributed by atoms with E-state index < -0.39 is 17.7 Å². The maximum Gasteiger partial charge on any atom is 0.391 e. The highest BCUT2D eigenvalue weighted by Crippen LogP contribution is 2.42. The van der Waals surface area contributed by atoms with Gasteiger partial charge in [-0.25, -0.2) is 9.67 Å². The molecule has 1 saturated carbocycles. The van der Waals surface area contributed by atoms with Gasteiger partial charge in [0.2, 0.25) is 0 Å². The molecule has 1 heterocycles. The lowest BCUT2D eigenvalue weighted by Gasteiger charge is -2.36. The average Bonchev–Trinajstić information content (AvgIpc) is 2.74. The van der Waals surface area contributed by atoms with Crippen LogP contribution in [0.3, 0.4) is 0 Å². The summed E-state index contributed by atoms with van der Waals surface area (Å²) < 4.78 is 39.7. The van der Waals surface area contributed by atoms with Gasteiger partial charge in [-0.05, 0) is 31.6 Å². The molecule has 21 heavy (non-hydrogen) atoms. The molecule has 1 aliphatic carbocycles. The summed E-state index contributed by atoms with van der Waals surface area (Å²) in [7, 11) is 0. The van der Waals surface area contributed by atoms with E-state index in [-0.39, 0.29) is 32.1 Å². The Morgan fingerprint density at radius 3 is 2.52 bits per heavy atom. The number of hydrogen-bond acceptors (Lipinski definition) is 3. The van der Waals surface area contributed by atoms with Gasteiger partial charge in [-0.3, -0.25) is 0 Å². The maximum absolute atomic E-state index is 12.7. The second-order valence-corrected chi connectivity index (χ2v) is 6.47. The van der Waals surface area contributed by atoms with E-state index in [2.05, 4.69) is 23.9 Å². The molecule has 1 N–H and O–H groups in total. The third kappa shape index (κ3) is 4.18. The molecule has 0 bridgehead atoms. The van der Waals surface area contributed by atoms with Gasteiger partial charge in [0.1, 0.15) is 12.2 Å². The highest BCUT2D eigenvalue weighted by atomic mass is 19.4. The molecule has 2 rings (SSSR count). The molecule has 0 spiro atoms. The van der Waals surface area contributed by atoms with Crippen molar-refractivity contribution in [1.29, 1.82) is 0 Å². The first-order valence-electron chi connectivity index (χ1n) is 7.35. The van der Waals surface area contributed by atoms with E-state index in [9.17, 15) is 18.3 Å². The first-order valence-corrected chi connectivity index (χ1v) is 7.35. The molecule has 0 unspecified atom stereocenters. The Morgan fingerprint density at radius 1 is 1.38 bits per heavy atom. The van der Waals surface area contributed by atoms with Crippen LogP contribution in [0.25, 0.3) is 0 Å². The van der Waals surface area contributed by atoms with Crippen LogP contribution in [0.2, 0.25) is 0 Å². The van der Waals surface area contributed by atoms with E-state index in [4.69, 9.17) is 0 Å². The SMILES string of the molecule is CC(C)Cn1ncnc1CC1(O)CCC(C(F)(F)F)CC1. The molecule has 0 saturated heterocycles. The van der Waals surface area contributed by atoms with Gasteiger partial charge in [0.05, 0.1) is 11.5 Å². The number of hydrogen-bond donors (Lipinski definition) is 1. The van der Waals surface area contributed by atoms with Gasteiger partial charge in [0.25, 0.3) is 0 Å². The van der Waals surface area contributed by atoms with Gasteiger partial charge in [-0.2, -0.15) is 18.3 Å². The summed E-state index contributed by atoms with van der Waals surface area (Å²) >= 11 is 0. The van der Waals surface area contributed by atoms with Gasteiger partial charge in [-0.15, -0.1) is 0 Å². The van der Waals surface area contributed by atoms with Crippen LogP contribution in [-0.4, -0.2) is 31.6 Å². The van der Waals surface area contributed by atoms with Crippen molar-refractivity contribution in [1.82, 2.24) is 14.8 Å². The lowest BCUT2D eigenvalue weighted by atomic mass is 9.77. The largest absolute Gasteiger partial charge is 0.391 e. The van der Waals surface area contributed by atoms with Gasteiger partial charge in [0.15, 0.2) is 0 Å². The third-order valence-electron chi connectivity index (χ3n) is 4.10. The number of rotatable bonds is 4. The minimum Gasteiger partial charge on any atom is -0.389 e. The number of alkyl halides is 3. The number of aliphatic hydroxyl groups is 1. The van der Waals surface area contributed by atoms with Crippen LogP contribution >= 0.6 is 0 Å². The molecule has 0 aromatic carbocycles. The molecule has 1 fully saturated rings. The summed E-state index contributed by atoms with van der Waals surface area (Å²) in [6, 6.07) is 0. The van der Waals surface area contributed by atoms with E-state index in [1.165, 1.54) is 6.33 Å². The van der Waals surface area contributed by atoms with Crippen molar-refractivity contribution in [2.24, 2.45) is 11.8 Å². The zero-order valence-corrected chi connectivity index (χ0v) is 12.4. The molecule has 1 aromatic heterocycles. The normalized spacial score (nSPS) is 27.3. The van der Waals surface area contributed by atoms with Crippen molar-refractivity contribution in [3.63, 3.8) is 0 Å². The summed E-state index contributed by atoms with van der Waals surface area (Å²) in [6.45, 7) is 4.79. The standard InChI is InChI=1S/C14H22F3N3O/c1-10(2)8-20-12(18-9-19-20)7-13(21)5-3-11(4-6-13)14(15,16)17/h9-11,21H,3-8H2,1-2H3. The van der Waals surface area contributed by atoms with E-state index in [0.29, 0.717) is 18.3 Å². The van der Waals surface area contributed by atoms with Crippen LogP contribution in [0.15, 0.2) is 6.33 Å². The predicted octanol–water partition coefficient (Wildman–Crippen LogP) is 2.96. The van der Waals surface area contributed by atoms with Crippen LogP contribution in [0.1, 0.15) is 45.4 Å². The predicted molar refractivity (Wildman–Crippen MR) is 71.5 cm³/mol. The Kier molecular flexibility index (Phi) is 4.60. The monoisotopic (exact) mass is 305 g/mol. The van der Waals surface area contributed by atoms with Crippen LogP contribution in [-0.2, 0) is 13.0 Å². The fraction of sp³-hybridized carbons (Fsp3) is 0.857. The second kappa shape index (κ2) is 5.94. The van der Waals surface area contributed by atoms with E-state index >= 15 is 0 Å². The Labute approximate surface area is 122 Å². The third-order valence-corrected chi connectivity index (χ3v) is 4.10. The number of halogens is 3. The molecule has 0 amide bonds. The molecule has 120 valence electrons. The molecule has 0 atom stereocenters. The molecular weight excluding hydrogens is 283 g/mol. The van der Waals surface area contributed by atoms with E-state index in [1.54, 1.807) is 4.68 Å². The summed E-state index contributed by atoms with van der Waals surface area (Å²) in [5.41, 5.74) is -1.09. The van der Waals surface area contributed by atoms with Crippen molar-refractivity contribution >= 4 is 0 Å². The molecular formula is C14H22F3N3O. The van der Waals surface area contributed by atoms with Crippen molar-refractivity contribution < 1.29 is 18.3 Å². The lowest BCUT2D eigenvalue weighted by Crippen LogP contribution is -2.40. The van der Waals surface area contributed by atoms with Crippen molar-refractivity contribution in [3.05, 3.63) is 12.2 Å². The molecule has 4 nitrogen and oxygen atoms in total. The number of aromatic nitrogens is 3. The topological polar surface area (TPSA) is 50.9 Å². The van der Waals surface area contributed by atoms with E-state index in [0.717, 1.165) is 0 Å². The van der Waals surface area contributed by atoms with Gasteiger partial charge >= 0.3 is 6.18 Å². The summed E-state index contributed by atoms with van der Waals surface area (Å²) in [5.74, 6) is -0.246. The molecule has 7 heteroatoms. The Bertz CT molecular complexity index is 462. The van der Waals surface area contributed by atoms with Crippen molar-refractivity contribution in [2.45, 2.75) is 64.3 Å². The first kappa shape index (κ1) is 16.3. The fourth-order valence-corrected chi connectivity index (χ4v) is 2.88. The lowest BCUT2D eigenvalue weighted by molar-refractivity contribution is -0.192. The Hall–Kier alpha value is -1.11. The highest BCUT2D eigenvalue weighted by molar-refractivity contribution is 4.98. The van der Waals surface area contributed by atoms with Gasteiger partial charge in [-0.1, -0.05) is 13.8 Å². The molecule has 0 aliphatic heterocycles. The molecule has 1 aliphatic rings. The Balaban J connectivity index is 1.99. The smallest absolute Gasteiger partial charge is 0.389 e. The van der Waals surface area contributed by atoms with Gasteiger partial charge < -0.3 is 5.11 Å².